The van der Waals surface area contributed by atoms with Crippen molar-refractivity contribution >= 4 is 28.2 Å². The zero-order valence-corrected chi connectivity index (χ0v) is 9.81. The Kier molecular flexibility index (Phi) is 3.17. The number of nitrogen functional groups attached to an aromatic ring is 1. The van der Waals surface area contributed by atoms with Gasteiger partial charge in [0.25, 0.3) is 0 Å². The molecule has 0 atom stereocenters. The van der Waals surface area contributed by atoms with Crippen LogP contribution < -0.4 is 5.73 Å². The number of hydrogen-bond acceptors (Lipinski definition) is 6. The van der Waals surface area contributed by atoms with Crippen LogP contribution in [0.15, 0.2) is 22.8 Å². The zero-order valence-electron chi connectivity index (χ0n) is 8.17. The van der Waals surface area contributed by atoms with Gasteiger partial charge >= 0.3 is 0 Å². The molecule has 0 saturated carbocycles. The van der Waals surface area contributed by atoms with E-state index in [1.807, 2.05) is 6.92 Å². The first-order valence-electron chi connectivity index (χ1n) is 4.36. The van der Waals surface area contributed by atoms with Crippen molar-refractivity contribution in [3.63, 3.8) is 0 Å². The van der Waals surface area contributed by atoms with Gasteiger partial charge in [0.15, 0.2) is 5.13 Å². The van der Waals surface area contributed by atoms with E-state index in [4.69, 9.17) is 5.73 Å². The third-order valence-corrected chi connectivity index (χ3v) is 4.12. The lowest BCUT2D eigenvalue weighted by molar-refractivity contribution is 1.10. The Morgan fingerprint density at radius 1 is 1.47 bits per heavy atom. The van der Waals surface area contributed by atoms with Crippen LogP contribution in [-0.2, 0) is 5.75 Å². The Morgan fingerprint density at radius 3 is 2.93 bits per heavy atom. The van der Waals surface area contributed by atoms with Gasteiger partial charge in [-0.1, -0.05) is 11.3 Å². The molecule has 0 bridgehead atoms. The molecular formula is C9H10N4S2. The summed E-state index contributed by atoms with van der Waals surface area (Å²) in [4.78, 5) is 12.4. The first-order valence-corrected chi connectivity index (χ1v) is 6.16. The van der Waals surface area contributed by atoms with E-state index in [9.17, 15) is 0 Å². The summed E-state index contributed by atoms with van der Waals surface area (Å²) < 4.78 is 1.15. The number of rotatable bonds is 3. The molecule has 0 aliphatic heterocycles. The molecule has 0 spiro atoms. The van der Waals surface area contributed by atoms with Crippen molar-refractivity contribution < 1.29 is 0 Å². The standard InChI is InChI=1S/C9H10N4S2/c1-6-8(15-9(10)13-6)14-5-7-4-11-2-3-12-7/h2-4H,5H2,1H3,(H2,10,13). The molecule has 2 heterocycles. The van der Waals surface area contributed by atoms with Crippen LogP contribution in [0.4, 0.5) is 5.13 Å². The lowest BCUT2D eigenvalue weighted by atomic mass is 10.5. The number of thiazole rings is 1. The maximum atomic E-state index is 5.61. The van der Waals surface area contributed by atoms with Crippen LogP contribution in [0.1, 0.15) is 11.4 Å². The Hall–Kier alpha value is -1.14. The molecule has 0 unspecified atom stereocenters. The molecule has 6 heteroatoms. The number of aryl methyl sites for hydroxylation is 1. The van der Waals surface area contributed by atoms with E-state index >= 15 is 0 Å². The van der Waals surface area contributed by atoms with Gasteiger partial charge in [0.05, 0.1) is 15.6 Å². The molecule has 2 aromatic rings. The second-order valence-electron chi connectivity index (χ2n) is 2.91. The van der Waals surface area contributed by atoms with E-state index in [0.29, 0.717) is 5.13 Å². The third-order valence-electron chi connectivity index (χ3n) is 1.74. The van der Waals surface area contributed by atoms with Crippen molar-refractivity contribution in [3.05, 3.63) is 30.0 Å². The summed E-state index contributed by atoms with van der Waals surface area (Å²) in [7, 11) is 0. The number of anilines is 1. The summed E-state index contributed by atoms with van der Waals surface area (Å²) >= 11 is 3.21. The second-order valence-corrected chi connectivity index (χ2v) is 5.19. The fraction of sp³-hybridized carbons (Fsp3) is 0.222. The quantitative estimate of drug-likeness (QED) is 0.830. The smallest absolute Gasteiger partial charge is 0.181 e. The minimum atomic E-state index is 0.620. The maximum absolute atomic E-state index is 5.61. The number of thioether (sulfide) groups is 1. The van der Waals surface area contributed by atoms with Crippen molar-refractivity contribution in [3.8, 4) is 0 Å². The first-order chi connectivity index (χ1) is 7.25. The minimum Gasteiger partial charge on any atom is -0.375 e. The summed E-state index contributed by atoms with van der Waals surface area (Å²) in [5.41, 5.74) is 7.57. The van der Waals surface area contributed by atoms with Gasteiger partial charge in [-0.05, 0) is 6.92 Å². The van der Waals surface area contributed by atoms with E-state index in [1.165, 1.54) is 11.3 Å². The highest BCUT2D eigenvalue weighted by molar-refractivity contribution is 8.00. The van der Waals surface area contributed by atoms with Crippen LogP contribution >= 0.6 is 23.1 Å². The minimum absolute atomic E-state index is 0.620. The zero-order chi connectivity index (χ0) is 10.7. The van der Waals surface area contributed by atoms with E-state index < -0.39 is 0 Å². The molecule has 0 fully saturated rings. The van der Waals surface area contributed by atoms with Crippen molar-refractivity contribution in [1.29, 1.82) is 0 Å². The average Bonchev–Trinajstić information content (AvgIpc) is 2.56. The topological polar surface area (TPSA) is 64.7 Å². The van der Waals surface area contributed by atoms with Crippen LogP contribution in [-0.4, -0.2) is 15.0 Å². The van der Waals surface area contributed by atoms with Gasteiger partial charge in [-0.25, -0.2) is 4.98 Å². The summed E-state index contributed by atoms with van der Waals surface area (Å²) in [6.07, 6.45) is 5.14. The molecule has 78 valence electrons. The molecule has 0 radical (unpaired) electrons. The van der Waals surface area contributed by atoms with Gasteiger partial charge in [0.2, 0.25) is 0 Å². The van der Waals surface area contributed by atoms with Gasteiger partial charge in [0.1, 0.15) is 0 Å². The molecule has 2 aromatic heterocycles. The predicted molar refractivity (Wildman–Crippen MR) is 62.9 cm³/mol. The molecule has 0 aromatic carbocycles. The van der Waals surface area contributed by atoms with Crippen molar-refractivity contribution in [2.45, 2.75) is 16.9 Å². The molecule has 15 heavy (non-hydrogen) atoms. The van der Waals surface area contributed by atoms with Crippen LogP contribution in [0, 0.1) is 6.92 Å². The van der Waals surface area contributed by atoms with E-state index in [2.05, 4.69) is 15.0 Å². The van der Waals surface area contributed by atoms with Crippen LogP contribution in [0.5, 0.6) is 0 Å². The maximum Gasteiger partial charge on any atom is 0.181 e. The number of nitrogens with zero attached hydrogens (tertiary/aromatic N) is 3. The van der Waals surface area contributed by atoms with E-state index in [0.717, 1.165) is 21.3 Å². The predicted octanol–water partition coefficient (Wildman–Crippen LogP) is 2.12. The molecular weight excluding hydrogens is 228 g/mol. The SMILES string of the molecule is Cc1nc(N)sc1SCc1cnccn1. The number of nitrogens with two attached hydrogens (primary N) is 1. The normalized spacial score (nSPS) is 10.5. The fourth-order valence-corrected chi connectivity index (χ4v) is 3.00. The Bertz CT molecular complexity index is 441. The highest BCUT2D eigenvalue weighted by Gasteiger charge is 2.06. The molecule has 0 aliphatic rings. The molecule has 0 amide bonds. The summed E-state index contributed by atoms with van der Waals surface area (Å²) in [5, 5.41) is 0.620. The molecule has 4 nitrogen and oxygen atoms in total. The van der Waals surface area contributed by atoms with Crippen LogP contribution in [0.2, 0.25) is 0 Å². The van der Waals surface area contributed by atoms with E-state index in [1.54, 1.807) is 30.4 Å². The number of hydrogen-bond donors (Lipinski definition) is 1. The monoisotopic (exact) mass is 238 g/mol. The van der Waals surface area contributed by atoms with Gasteiger partial charge in [-0.2, -0.15) is 0 Å². The lowest BCUT2D eigenvalue weighted by Crippen LogP contribution is -1.86. The molecule has 0 saturated heterocycles. The Morgan fingerprint density at radius 2 is 2.33 bits per heavy atom. The first kappa shape index (κ1) is 10.4. The fourth-order valence-electron chi connectivity index (χ4n) is 1.08. The second kappa shape index (κ2) is 4.59. The lowest BCUT2D eigenvalue weighted by Gasteiger charge is -1.97. The van der Waals surface area contributed by atoms with Gasteiger partial charge in [0, 0.05) is 24.3 Å². The largest absolute Gasteiger partial charge is 0.375 e. The van der Waals surface area contributed by atoms with Crippen molar-refractivity contribution in [1.82, 2.24) is 15.0 Å². The summed E-state index contributed by atoms with van der Waals surface area (Å²) in [6.45, 7) is 1.96. The Balaban J connectivity index is 2.02. The molecule has 2 rings (SSSR count). The van der Waals surface area contributed by atoms with Gasteiger partial charge < -0.3 is 5.73 Å². The summed E-state index contributed by atoms with van der Waals surface area (Å²) in [6, 6.07) is 0. The van der Waals surface area contributed by atoms with Gasteiger partial charge in [-0.15, -0.1) is 11.8 Å². The van der Waals surface area contributed by atoms with Crippen molar-refractivity contribution in [2.75, 3.05) is 5.73 Å². The van der Waals surface area contributed by atoms with Crippen molar-refractivity contribution in [2.24, 2.45) is 0 Å². The third kappa shape index (κ3) is 2.66. The van der Waals surface area contributed by atoms with Gasteiger partial charge in [-0.3, -0.25) is 9.97 Å². The number of aromatic nitrogens is 3. The highest BCUT2D eigenvalue weighted by Crippen LogP contribution is 2.32. The molecule has 2 N–H and O–H groups in total. The molecule has 0 aliphatic carbocycles. The Labute approximate surface area is 96.0 Å². The highest BCUT2D eigenvalue weighted by atomic mass is 32.2. The summed E-state index contributed by atoms with van der Waals surface area (Å²) in [5.74, 6) is 0.802. The van der Waals surface area contributed by atoms with E-state index in [-0.39, 0.29) is 0 Å². The average molecular weight is 238 g/mol. The van der Waals surface area contributed by atoms with Crippen LogP contribution in [0.25, 0.3) is 0 Å². The van der Waals surface area contributed by atoms with Crippen LogP contribution in [0.3, 0.4) is 0 Å².